The molecule has 0 aliphatic heterocycles. The van der Waals surface area contributed by atoms with Crippen molar-refractivity contribution in [2.24, 2.45) is 0 Å². The zero-order valence-corrected chi connectivity index (χ0v) is 18.9. The van der Waals surface area contributed by atoms with Crippen molar-refractivity contribution in [3.63, 3.8) is 0 Å². The first-order valence-electron chi connectivity index (χ1n) is 9.93. The highest BCUT2D eigenvalue weighted by Crippen LogP contribution is 2.33. The Kier molecular flexibility index (Phi) is 6.14. The van der Waals surface area contributed by atoms with Crippen molar-refractivity contribution < 1.29 is 23.8 Å². The van der Waals surface area contributed by atoms with Gasteiger partial charge in [-0.2, -0.15) is 0 Å². The number of nitrogens with one attached hydrogen (secondary N) is 2. The molecule has 0 aliphatic rings. The van der Waals surface area contributed by atoms with Gasteiger partial charge in [-0.15, -0.1) is 0 Å². The quantitative estimate of drug-likeness (QED) is 0.367. The Morgan fingerprint density at radius 1 is 1.03 bits per heavy atom. The number of aryl methyl sites for hydroxylation is 1. The smallest absolute Gasteiger partial charge is 0.257 e. The van der Waals surface area contributed by atoms with Crippen LogP contribution in [0.15, 0.2) is 59.0 Å². The average Bonchev–Trinajstić information content (AvgIpc) is 3.21. The lowest BCUT2D eigenvalue weighted by Crippen LogP contribution is -2.34. The molecule has 8 nitrogen and oxygen atoms in total. The number of anilines is 1. The number of aromatic hydroxyl groups is 1. The highest BCUT2D eigenvalue weighted by molar-refractivity contribution is 7.80. The molecule has 0 radical (unpaired) electrons. The maximum absolute atomic E-state index is 12.5. The van der Waals surface area contributed by atoms with E-state index < -0.39 is 5.91 Å². The van der Waals surface area contributed by atoms with E-state index in [1.54, 1.807) is 30.3 Å². The first kappa shape index (κ1) is 22.1. The lowest BCUT2D eigenvalue weighted by Gasteiger charge is -2.12. The van der Waals surface area contributed by atoms with Gasteiger partial charge in [0.15, 0.2) is 22.2 Å². The lowest BCUT2D eigenvalue weighted by molar-refractivity contribution is 0.0977. The van der Waals surface area contributed by atoms with Crippen LogP contribution in [-0.2, 0) is 0 Å². The van der Waals surface area contributed by atoms with Gasteiger partial charge in [0.05, 0.1) is 19.8 Å². The van der Waals surface area contributed by atoms with E-state index in [4.69, 9.17) is 26.1 Å². The highest BCUT2D eigenvalue weighted by Gasteiger charge is 2.15. The number of fused-ring (bicyclic) bond motifs is 1. The molecule has 0 saturated carbocycles. The van der Waals surface area contributed by atoms with E-state index >= 15 is 0 Å². The number of methoxy groups -OCH3 is 2. The number of benzene rings is 3. The summed E-state index contributed by atoms with van der Waals surface area (Å²) in [5, 5.41) is 16.1. The Hall–Kier alpha value is -4.11. The summed E-state index contributed by atoms with van der Waals surface area (Å²) in [4.78, 5) is 16.9. The first-order chi connectivity index (χ1) is 15.9. The van der Waals surface area contributed by atoms with E-state index in [9.17, 15) is 9.90 Å². The molecule has 4 aromatic rings. The molecule has 3 N–H and O–H groups in total. The third-order valence-electron chi connectivity index (χ3n) is 4.90. The van der Waals surface area contributed by atoms with E-state index in [0.29, 0.717) is 45.3 Å². The van der Waals surface area contributed by atoms with Crippen LogP contribution in [0.2, 0.25) is 0 Å². The molecule has 0 spiro atoms. The molecule has 0 bridgehead atoms. The molecule has 0 atom stereocenters. The maximum Gasteiger partial charge on any atom is 0.257 e. The summed E-state index contributed by atoms with van der Waals surface area (Å²) < 4.78 is 16.2. The van der Waals surface area contributed by atoms with Crippen molar-refractivity contribution >= 4 is 40.0 Å². The monoisotopic (exact) mass is 463 g/mol. The molecular weight excluding hydrogens is 442 g/mol. The Morgan fingerprint density at radius 2 is 1.82 bits per heavy atom. The molecule has 1 aromatic heterocycles. The minimum atomic E-state index is -0.420. The highest BCUT2D eigenvalue weighted by atomic mass is 32.1. The number of phenolic OH excluding ortho intramolecular Hbond substituents is 1. The van der Waals surface area contributed by atoms with E-state index in [-0.39, 0.29) is 10.9 Å². The number of hydrogen-bond donors (Lipinski definition) is 3. The molecule has 168 valence electrons. The van der Waals surface area contributed by atoms with Crippen LogP contribution in [0, 0.1) is 6.92 Å². The van der Waals surface area contributed by atoms with Gasteiger partial charge in [0, 0.05) is 17.3 Å². The van der Waals surface area contributed by atoms with Crippen molar-refractivity contribution in [1.82, 2.24) is 10.3 Å². The van der Waals surface area contributed by atoms with Crippen LogP contribution >= 0.6 is 12.2 Å². The predicted octanol–water partition coefficient (Wildman–Crippen LogP) is 4.65. The molecule has 33 heavy (non-hydrogen) atoms. The van der Waals surface area contributed by atoms with Gasteiger partial charge < -0.3 is 24.3 Å². The number of carbonyl (C=O) groups is 1. The summed E-state index contributed by atoms with van der Waals surface area (Å²) in [6, 6.07) is 15.3. The molecule has 3 aromatic carbocycles. The Labute approximate surface area is 195 Å². The summed E-state index contributed by atoms with van der Waals surface area (Å²) in [5.41, 5.74) is 3.68. The van der Waals surface area contributed by atoms with Crippen LogP contribution in [0.1, 0.15) is 15.9 Å². The van der Waals surface area contributed by atoms with E-state index in [1.165, 1.54) is 20.3 Å². The van der Waals surface area contributed by atoms with Crippen molar-refractivity contribution in [2.45, 2.75) is 6.92 Å². The number of ether oxygens (including phenoxy) is 2. The Balaban J connectivity index is 1.46. The van der Waals surface area contributed by atoms with Crippen molar-refractivity contribution in [1.29, 1.82) is 0 Å². The standard InChI is InChI=1S/C24H21N3O5S/c1-13-4-8-17-20(10-13)32-23(26-17)16-7-6-15(12-18(16)28)25-24(33)27-22(29)14-5-9-19(30-2)21(11-14)31-3/h4-12,28H,1-3H3,(H2,25,27,29,33). The summed E-state index contributed by atoms with van der Waals surface area (Å²) in [7, 11) is 3.01. The second-order valence-electron chi connectivity index (χ2n) is 7.20. The number of thiocarbonyl (C=S) groups is 1. The molecule has 9 heteroatoms. The van der Waals surface area contributed by atoms with Crippen LogP contribution < -0.4 is 20.1 Å². The second kappa shape index (κ2) is 9.17. The van der Waals surface area contributed by atoms with Gasteiger partial charge in [-0.3, -0.25) is 10.1 Å². The zero-order chi connectivity index (χ0) is 23.5. The van der Waals surface area contributed by atoms with Gasteiger partial charge in [-0.05, 0) is 67.2 Å². The fourth-order valence-corrected chi connectivity index (χ4v) is 3.46. The van der Waals surface area contributed by atoms with Crippen LogP contribution in [-0.4, -0.2) is 35.3 Å². The van der Waals surface area contributed by atoms with E-state index in [0.717, 1.165) is 5.56 Å². The average molecular weight is 464 g/mol. The third-order valence-corrected chi connectivity index (χ3v) is 5.11. The maximum atomic E-state index is 12.5. The molecule has 0 fully saturated rings. The molecule has 4 rings (SSSR count). The number of phenols is 1. The largest absolute Gasteiger partial charge is 0.507 e. The van der Waals surface area contributed by atoms with Gasteiger partial charge >= 0.3 is 0 Å². The minimum Gasteiger partial charge on any atom is -0.507 e. The lowest BCUT2D eigenvalue weighted by atomic mass is 10.1. The summed E-state index contributed by atoms with van der Waals surface area (Å²) in [6.45, 7) is 1.96. The van der Waals surface area contributed by atoms with Gasteiger partial charge in [0.2, 0.25) is 5.89 Å². The molecular formula is C24H21N3O5S. The number of hydrogen-bond acceptors (Lipinski definition) is 7. The van der Waals surface area contributed by atoms with Crippen LogP contribution in [0.3, 0.4) is 0 Å². The van der Waals surface area contributed by atoms with E-state index in [1.807, 2.05) is 25.1 Å². The Bertz CT molecular complexity index is 1370. The molecule has 0 aliphatic carbocycles. The predicted molar refractivity (Wildman–Crippen MR) is 129 cm³/mol. The summed E-state index contributed by atoms with van der Waals surface area (Å²) in [5.74, 6) is 0.788. The molecule has 0 unspecified atom stereocenters. The minimum absolute atomic E-state index is 0.0442. The molecule has 1 amide bonds. The number of oxazole rings is 1. The SMILES string of the molecule is COc1ccc(C(=O)NC(=S)Nc2ccc(-c3nc4ccc(C)cc4o3)c(O)c2)cc1OC. The fourth-order valence-electron chi connectivity index (χ4n) is 3.25. The number of carbonyl (C=O) groups excluding carboxylic acids is 1. The number of rotatable bonds is 5. The number of amides is 1. The fraction of sp³-hybridized carbons (Fsp3) is 0.125. The zero-order valence-electron chi connectivity index (χ0n) is 18.1. The van der Waals surface area contributed by atoms with Crippen LogP contribution in [0.25, 0.3) is 22.6 Å². The second-order valence-corrected chi connectivity index (χ2v) is 7.61. The summed E-state index contributed by atoms with van der Waals surface area (Å²) in [6.07, 6.45) is 0. The van der Waals surface area contributed by atoms with Gasteiger partial charge in [0.1, 0.15) is 11.3 Å². The number of nitrogens with zero attached hydrogens (tertiary/aromatic N) is 1. The first-order valence-corrected chi connectivity index (χ1v) is 10.3. The van der Waals surface area contributed by atoms with Crippen molar-refractivity contribution in [2.75, 3.05) is 19.5 Å². The summed E-state index contributed by atoms with van der Waals surface area (Å²) >= 11 is 5.24. The Morgan fingerprint density at radius 3 is 2.55 bits per heavy atom. The topological polar surface area (TPSA) is 106 Å². The van der Waals surface area contributed by atoms with Gasteiger partial charge in [-0.25, -0.2) is 4.98 Å². The van der Waals surface area contributed by atoms with Crippen molar-refractivity contribution in [3.05, 3.63) is 65.7 Å². The van der Waals surface area contributed by atoms with Crippen molar-refractivity contribution in [3.8, 4) is 28.7 Å². The molecule has 1 heterocycles. The van der Waals surface area contributed by atoms with Gasteiger partial charge in [0.25, 0.3) is 5.91 Å². The van der Waals surface area contributed by atoms with Gasteiger partial charge in [-0.1, -0.05) is 6.07 Å². The van der Waals surface area contributed by atoms with E-state index in [2.05, 4.69) is 15.6 Å². The van der Waals surface area contributed by atoms with Crippen LogP contribution in [0.4, 0.5) is 5.69 Å². The number of aromatic nitrogens is 1. The van der Waals surface area contributed by atoms with Crippen LogP contribution in [0.5, 0.6) is 17.2 Å². The molecule has 0 saturated heterocycles. The third kappa shape index (κ3) is 4.73. The normalized spacial score (nSPS) is 10.6.